The molecule has 0 heterocycles. The van der Waals surface area contributed by atoms with E-state index in [1.165, 1.54) is 6.07 Å². The first-order valence-corrected chi connectivity index (χ1v) is 8.24. The summed E-state index contributed by atoms with van der Waals surface area (Å²) >= 11 is 0. The van der Waals surface area contributed by atoms with Crippen LogP contribution in [0.2, 0.25) is 0 Å². The number of rotatable bonds is 5. The number of anilines is 2. The van der Waals surface area contributed by atoms with E-state index < -0.39 is 9.84 Å². The van der Waals surface area contributed by atoms with Crippen LogP contribution in [0.1, 0.15) is 11.1 Å². The maximum absolute atomic E-state index is 12.6. The summed E-state index contributed by atoms with van der Waals surface area (Å²) < 4.78 is 25.3. The first kappa shape index (κ1) is 15.3. The molecule has 0 fully saturated rings. The summed E-state index contributed by atoms with van der Waals surface area (Å²) in [6, 6.07) is 12.0. The van der Waals surface area contributed by atoms with Crippen molar-refractivity contribution in [1.82, 2.24) is 0 Å². The van der Waals surface area contributed by atoms with Crippen LogP contribution in [0.15, 0.2) is 47.4 Å². The third-order valence-corrected chi connectivity index (χ3v) is 4.94. The Balaban J connectivity index is 2.49. The monoisotopic (exact) mass is 305 g/mol. The molecule has 0 radical (unpaired) electrons. The van der Waals surface area contributed by atoms with Crippen molar-refractivity contribution in [3.05, 3.63) is 53.6 Å². The Kier molecular flexibility index (Phi) is 4.50. The summed E-state index contributed by atoms with van der Waals surface area (Å²) in [6.45, 7) is 0.321. The van der Waals surface area contributed by atoms with E-state index in [9.17, 15) is 8.42 Å². The van der Waals surface area contributed by atoms with Gasteiger partial charge in [0.05, 0.1) is 10.6 Å². The molecule has 5 nitrogen and oxygen atoms in total. The minimum absolute atomic E-state index is 0.0890. The Bertz CT molecular complexity index is 728. The van der Waals surface area contributed by atoms with Gasteiger partial charge in [0.25, 0.3) is 0 Å². The van der Waals surface area contributed by atoms with Crippen LogP contribution < -0.4 is 17.2 Å². The van der Waals surface area contributed by atoms with Gasteiger partial charge in [0.2, 0.25) is 0 Å². The van der Waals surface area contributed by atoms with Gasteiger partial charge < -0.3 is 17.2 Å². The zero-order valence-corrected chi connectivity index (χ0v) is 12.4. The average Bonchev–Trinajstić information content (AvgIpc) is 2.42. The molecule has 21 heavy (non-hydrogen) atoms. The maximum Gasteiger partial charge on any atom is 0.182 e. The number of sulfone groups is 1. The molecule has 112 valence electrons. The van der Waals surface area contributed by atoms with Gasteiger partial charge in [0.1, 0.15) is 0 Å². The van der Waals surface area contributed by atoms with Crippen molar-refractivity contribution in [1.29, 1.82) is 0 Å². The van der Waals surface area contributed by atoms with Crippen molar-refractivity contribution < 1.29 is 8.42 Å². The molecule has 0 saturated carbocycles. The largest absolute Gasteiger partial charge is 0.399 e. The van der Waals surface area contributed by atoms with Crippen LogP contribution in [0.5, 0.6) is 0 Å². The predicted molar refractivity (Wildman–Crippen MR) is 85.4 cm³/mol. The van der Waals surface area contributed by atoms with Gasteiger partial charge >= 0.3 is 0 Å². The molecule has 0 aliphatic rings. The zero-order valence-electron chi connectivity index (χ0n) is 11.6. The van der Waals surface area contributed by atoms with Crippen molar-refractivity contribution in [3.8, 4) is 0 Å². The van der Waals surface area contributed by atoms with Gasteiger partial charge in [-0.25, -0.2) is 8.42 Å². The van der Waals surface area contributed by atoms with Gasteiger partial charge in [0, 0.05) is 11.4 Å². The third-order valence-electron chi connectivity index (χ3n) is 3.19. The van der Waals surface area contributed by atoms with Crippen LogP contribution in [0, 0.1) is 0 Å². The smallest absolute Gasteiger partial charge is 0.182 e. The van der Waals surface area contributed by atoms with Gasteiger partial charge in [-0.1, -0.05) is 30.3 Å². The van der Waals surface area contributed by atoms with E-state index in [1.807, 2.05) is 6.07 Å². The summed E-state index contributed by atoms with van der Waals surface area (Å²) in [7, 11) is -3.53. The average molecular weight is 305 g/mol. The molecule has 2 aromatic carbocycles. The summed E-state index contributed by atoms with van der Waals surface area (Å²) in [5.74, 6) is -0.0890. The summed E-state index contributed by atoms with van der Waals surface area (Å²) in [5.41, 5.74) is 19.2. The molecule has 0 amide bonds. The third kappa shape index (κ3) is 3.53. The van der Waals surface area contributed by atoms with Crippen LogP contribution >= 0.6 is 0 Å². The molecule has 0 atom stereocenters. The van der Waals surface area contributed by atoms with Gasteiger partial charge in [-0.3, -0.25) is 0 Å². The van der Waals surface area contributed by atoms with Crippen molar-refractivity contribution in [2.45, 2.75) is 17.1 Å². The second kappa shape index (κ2) is 6.15. The highest BCUT2D eigenvalue weighted by atomic mass is 32.2. The van der Waals surface area contributed by atoms with E-state index >= 15 is 0 Å². The molecule has 0 bridgehead atoms. The van der Waals surface area contributed by atoms with E-state index in [1.54, 1.807) is 30.3 Å². The van der Waals surface area contributed by atoms with Crippen LogP contribution in [-0.4, -0.2) is 15.0 Å². The minimum atomic E-state index is -3.53. The molecule has 2 aromatic rings. The maximum atomic E-state index is 12.6. The second-order valence-electron chi connectivity index (χ2n) is 4.87. The first-order valence-electron chi connectivity index (χ1n) is 6.58. The summed E-state index contributed by atoms with van der Waals surface area (Å²) in [4.78, 5) is 0.175. The molecular weight excluding hydrogens is 286 g/mol. The lowest BCUT2D eigenvalue weighted by atomic mass is 10.1. The lowest BCUT2D eigenvalue weighted by Gasteiger charge is -2.14. The Morgan fingerprint density at radius 3 is 2.29 bits per heavy atom. The molecule has 0 aromatic heterocycles. The van der Waals surface area contributed by atoms with Crippen molar-refractivity contribution in [2.24, 2.45) is 5.73 Å². The highest BCUT2D eigenvalue weighted by molar-refractivity contribution is 7.90. The fraction of sp³-hybridized carbons (Fsp3) is 0.200. The van der Waals surface area contributed by atoms with Crippen molar-refractivity contribution in [3.63, 3.8) is 0 Å². The highest BCUT2D eigenvalue weighted by Crippen LogP contribution is 2.28. The summed E-state index contributed by atoms with van der Waals surface area (Å²) in [5, 5.41) is 0. The highest BCUT2D eigenvalue weighted by Gasteiger charge is 2.21. The minimum Gasteiger partial charge on any atom is -0.399 e. The number of hydrogen-bond acceptors (Lipinski definition) is 5. The van der Waals surface area contributed by atoms with Crippen LogP contribution in [0.4, 0.5) is 11.4 Å². The predicted octanol–water partition coefficient (Wildman–Crippen LogP) is 1.33. The van der Waals surface area contributed by atoms with E-state index in [4.69, 9.17) is 17.2 Å². The van der Waals surface area contributed by atoms with Crippen LogP contribution in [0.3, 0.4) is 0 Å². The Morgan fingerprint density at radius 2 is 1.67 bits per heavy atom. The molecular formula is C15H19N3O2S. The van der Waals surface area contributed by atoms with E-state index in [2.05, 4.69) is 0 Å². The number of nitrogen functional groups attached to an aromatic ring is 2. The standard InChI is InChI=1S/C15H19N3O2S/c16-7-6-13-14(18)8-12(17)9-15(13)21(19,20)10-11-4-2-1-3-5-11/h1-5,8-9H,6-7,10,16-18H2. The number of benzene rings is 2. The van der Waals surface area contributed by atoms with Crippen LogP contribution in [0.25, 0.3) is 0 Å². The first-order chi connectivity index (χ1) is 9.94. The zero-order chi connectivity index (χ0) is 15.5. The molecule has 0 saturated heterocycles. The topological polar surface area (TPSA) is 112 Å². The number of nitrogens with two attached hydrogens (primary N) is 3. The lowest BCUT2D eigenvalue weighted by molar-refractivity contribution is 0.594. The molecule has 0 aliphatic carbocycles. The Morgan fingerprint density at radius 1 is 1.00 bits per heavy atom. The molecule has 6 N–H and O–H groups in total. The SMILES string of the molecule is NCCc1c(N)cc(N)cc1S(=O)(=O)Cc1ccccc1. The van der Waals surface area contributed by atoms with E-state index in [-0.39, 0.29) is 10.6 Å². The Labute approximate surface area is 124 Å². The fourth-order valence-electron chi connectivity index (χ4n) is 2.25. The fourth-order valence-corrected chi connectivity index (χ4v) is 3.95. The van der Waals surface area contributed by atoms with Gasteiger partial charge in [-0.05, 0) is 36.2 Å². The Hall–Kier alpha value is -2.05. The van der Waals surface area contributed by atoms with Gasteiger partial charge in [0.15, 0.2) is 9.84 Å². The van der Waals surface area contributed by atoms with Crippen molar-refractivity contribution >= 4 is 21.2 Å². The molecule has 0 aliphatic heterocycles. The summed E-state index contributed by atoms with van der Waals surface area (Å²) in [6.07, 6.45) is 0.398. The quantitative estimate of drug-likeness (QED) is 0.721. The molecule has 0 unspecified atom stereocenters. The van der Waals surface area contributed by atoms with Gasteiger partial charge in [-0.15, -0.1) is 0 Å². The molecule has 2 rings (SSSR count). The van der Waals surface area contributed by atoms with E-state index in [0.29, 0.717) is 29.9 Å². The van der Waals surface area contributed by atoms with Crippen molar-refractivity contribution in [2.75, 3.05) is 18.0 Å². The van der Waals surface area contributed by atoms with Gasteiger partial charge in [-0.2, -0.15) is 0 Å². The number of hydrogen-bond donors (Lipinski definition) is 3. The van der Waals surface area contributed by atoms with Crippen LogP contribution in [-0.2, 0) is 22.0 Å². The lowest BCUT2D eigenvalue weighted by Crippen LogP contribution is -2.14. The molecule has 6 heteroatoms. The molecule has 0 spiro atoms. The second-order valence-corrected chi connectivity index (χ2v) is 6.83. The van der Waals surface area contributed by atoms with E-state index in [0.717, 1.165) is 5.56 Å². The normalized spacial score (nSPS) is 11.5.